The number of hydrogen-bond acceptors (Lipinski definition) is 3. The molecule has 2 unspecified atom stereocenters. The van der Waals surface area contributed by atoms with Crippen LogP contribution >= 0.6 is 0 Å². The molecule has 3 heterocycles. The molecule has 394 valence electrons. The lowest BCUT2D eigenvalue weighted by Crippen LogP contribution is -2.62. The molecule has 3 aliphatic heterocycles. The summed E-state index contributed by atoms with van der Waals surface area (Å²) in [6.07, 6.45) is 1.79. The van der Waals surface area contributed by atoms with Crippen molar-refractivity contribution in [1.82, 2.24) is 0 Å². The summed E-state index contributed by atoms with van der Waals surface area (Å²) in [5.41, 5.74) is 26.0. The Morgan fingerprint density at radius 3 is 1.54 bits per heavy atom. The number of fused-ring (bicyclic) bond motifs is 8. The first-order chi connectivity index (χ1) is 37.6. The predicted octanol–water partition coefficient (Wildman–Crippen LogP) is 17.6. The van der Waals surface area contributed by atoms with Crippen LogP contribution in [0, 0.1) is 0 Å². The van der Waals surface area contributed by atoms with Gasteiger partial charge in [-0.2, -0.15) is 0 Å². The molecule has 0 aromatic heterocycles. The van der Waals surface area contributed by atoms with E-state index in [1.54, 1.807) is 0 Å². The summed E-state index contributed by atoms with van der Waals surface area (Å²) in [5, 5.41) is 0. The molecule has 0 N–H and O–H groups in total. The van der Waals surface area contributed by atoms with Gasteiger partial charge in [-0.25, -0.2) is 0 Å². The van der Waals surface area contributed by atoms with Crippen molar-refractivity contribution in [2.45, 2.75) is 135 Å². The second kappa shape index (κ2) is 17.7. The Balaban J connectivity index is 1.19. The fourth-order valence-electron chi connectivity index (χ4n) is 14.3. The van der Waals surface area contributed by atoms with E-state index >= 15 is 0 Å². The van der Waals surface area contributed by atoms with Crippen molar-refractivity contribution < 1.29 is 0 Å². The molecule has 9 aromatic rings. The number of para-hydroxylation sites is 1. The molecule has 1 aliphatic carbocycles. The van der Waals surface area contributed by atoms with Crippen molar-refractivity contribution in [3.63, 3.8) is 0 Å². The fourth-order valence-corrected chi connectivity index (χ4v) is 14.3. The molecule has 4 heteroatoms. The third-order valence-electron chi connectivity index (χ3n) is 18.6. The molecule has 4 aliphatic rings. The van der Waals surface area contributed by atoms with Crippen molar-refractivity contribution >= 4 is 68.6 Å². The van der Waals surface area contributed by atoms with Crippen molar-refractivity contribution in [3.8, 4) is 11.1 Å². The number of anilines is 8. The van der Waals surface area contributed by atoms with Gasteiger partial charge in [0.2, 0.25) is 0 Å². The topological polar surface area (TPSA) is 9.72 Å². The second-order valence-electron chi connectivity index (χ2n) is 27.7. The summed E-state index contributed by atoms with van der Waals surface area (Å²) in [6.45, 7) is 30.7. The molecular formula is C75H76BN3. The van der Waals surface area contributed by atoms with Crippen LogP contribution < -0.4 is 31.1 Å². The molecule has 0 spiro atoms. The molecule has 0 radical (unpaired) electrons. The highest BCUT2D eigenvalue weighted by atomic mass is 15.3. The molecule has 9 aromatic carbocycles. The van der Waals surface area contributed by atoms with Crippen LogP contribution in [0.4, 0.5) is 45.5 Å². The molecule has 0 fully saturated rings. The molecule has 2 atom stereocenters. The lowest BCUT2D eigenvalue weighted by atomic mass is 9.33. The average Bonchev–Trinajstić information content (AvgIpc) is 2.30. The van der Waals surface area contributed by atoms with Crippen molar-refractivity contribution in [2.75, 3.05) is 14.7 Å². The number of nitrogens with zero attached hydrogens (tertiary/aromatic N) is 3. The zero-order valence-corrected chi connectivity index (χ0v) is 48.9. The van der Waals surface area contributed by atoms with Crippen LogP contribution in [-0.4, -0.2) is 12.3 Å². The highest BCUT2D eigenvalue weighted by Crippen LogP contribution is 2.63. The first-order valence-electron chi connectivity index (χ1n) is 29.0. The van der Waals surface area contributed by atoms with Crippen molar-refractivity contribution in [3.05, 3.63) is 245 Å². The average molecular weight is 1030 g/mol. The third-order valence-corrected chi connectivity index (χ3v) is 18.6. The van der Waals surface area contributed by atoms with Crippen LogP contribution in [0.3, 0.4) is 0 Å². The second-order valence-corrected chi connectivity index (χ2v) is 27.7. The SMILES string of the molecule is CC(C)(C)c1ccc(N2c3ccc(C(C)(C)C)cc3B3c4ccc(C(C)(C)C)cc4N(c4ccc(C(C)(C)C)cc4-c4ccccc4)c4cc(N5c6ccccc6C6(c7ccccc7)Cc7ccccc7CC56C)cc2c43)cc1. The molecule has 0 amide bonds. The fraction of sp³-hybridized carbons (Fsp3) is 0.280. The molecule has 0 saturated carbocycles. The van der Waals surface area contributed by atoms with E-state index in [2.05, 4.69) is 305 Å². The van der Waals surface area contributed by atoms with E-state index in [1.165, 1.54) is 112 Å². The van der Waals surface area contributed by atoms with E-state index < -0.39 is 5.54 Å². The predicted molar refractivity (Wildman–Crippen MR) is 339 cm³/mol. The van der Waals surface area contributed by atoms with Gasteiger partial charge in [-0.3, -0.25) is 0 Å². The number of rotatable bonds is 5. The van der Waals surface area contributed by atoms with E-state index in [0.717, 1.165) is 18.5 Å². The van der Waals surface area contributed by atoms with Gasteiger partial charge in [0.15, 0.2) is 0 Å². The summed E-state index contributed by atoms with van der Waals surface area (Å²) >= 11 is 0. The lowest BCUT2D eigenvalue weighted by Gasteiger charge is -2.53. The van der Waals surface area contributed by atoms with Crippen LogP contribution in [0.5, 0.6) is 0 Å². The molecular weight excluding hydrogens is 954 g/mol. The monoisotopic (exact) mass is 1030 g/mol. The minimum absolute atomic E-state index is 0.00168. The molecule has 0 bridgehead atoms. The summed E-state index contributed by atoms with van der Waals surface area (Å²) in [5.74, 6) is 0. The third kappa shape index (κ3) is 7.90. The Labute approximate surface area is 472 Å². The molecule has 0 saturated heterocycles. The van der Waals surface area contributed by atoms with E-state index in [9.17, 15) is 0 Å². The first-order valence-corrected chi connectivity index (χ1v) is 29.0. The van der Waals surface area contributed by atoms with E-state index in [0.29, 0.717) is 0 Å². The van der Waals surface area contributed by atoms with Crippen molar-refractivity contribution in [1.29, 1.82) is 0 Å². The Bertz CT molecular complexity index is 3860. The largest absolute Gasteiger partial charge is 0.334 e. The van der Waals surface area contributed by atoms with Gasteiger partial charge in [-0.1, -0.05) is 229 Å². The maximum atomic E-state index is 2.80. The van der Waals surface area contributed by atoms with Gasteiger partial charge >= 0.3 is 0 Å². The van der Waals surface area contributed by atoms with E-state index in [-0.39, 0.29) is 33.8 Å². The van der Waals surface area contributed by atoms with Crippen LogP contribution in [-0.2, 0) is 39.9 Å². The minimum atomic E-state index is -0.416. The summed E-state index contributed by atoms with van der Waals surface area (Å²) in [4.78, 5) is 8.13. The Kier molecular flexibility index (Phi) is 11.4. The smallest absolute Gasteiger partial charge is 0.252 e. The maximum absolute atomic E-state index is 2.80. The van der Waals surface area contributed by atoms with Gasteiger partial charge in [0, 0.05) is 50.8 Å². The highest BCUT2D eigenvalue weighted by Gasteiger charge is 2.62. The van der Waals surface area contributed by atoms with Crippen LogP contribution in [0.25, 0.3) is 11.1 Å². The minimum Gasteiger partial charge on any atom is -0.334 e. The van der Waals surface area contributed by atoms with Gasteiger partial charge in [-0.15, -0.1) is 0 Å². The number of hydrogen-bond donors (Lipinski definition) is 0. The summed E-state index contributed by atoms with van der Waals surface area (Å²) in [7, 11) is 0. The molecule has 13 rings (SSSR count). The van der Waals surface area contributed by atoms with Crippen LogP contribution in [0.2, 0.25) is 0 Å². The highest BCUT2D eigenvalue weighted by molar-refractivity contribution is 7.00. The standard InChI is InChI=1S/C75H76BN3/c1-70(2,3)52-32-37-57(38-33-52)77-65-41-36-55(72(7,8)9)43-62(65)76-61-39-34-56(73(10,11)12)44-66(61)78(63-40-35-54(71(4,5)6)42-59(63)49-24-16-14-17-25-49)68-46-58(45-67(77)69(68)76)79-64-31-23-22-30-60(64)75(53-28-18-15-19-29-53)48-51-27-21-20-26-50(51)47-74(75,79)13/h14-46H,47-48H2,1-13H3. The van der Waals surface area contributed by atoms with E-state index in [4.69, 9.17) is 0 Å². The van der Waals surface area contributed by atoms with Crippen molar-refractivity contribution in [2.24, 2.45) is 0 Å². The zero-order chi connectivity index (χ0) is 55.2. The Morgan fingerprint density at radius 2 is 0.899 bits per heavy atom. The normalized spacial score (nSPS) is 18.3. The van der Waals surface area contributed by atoms with Gasteiger partial charge in [0.05, 0.1) is 11.2 Å². The Morgan fingerprint density at radius 1 is 0.380 bits per heavy atom. The zero-order valence-electron chi connectivity index (χ0n) is 48.9. The van der Waals surface area contributed by atoms with Crippen LogP contribution in [0.15, 0.2) is 200 Å². The first kappa shape index (κ1) is 50.9. The van der Waals surface area contributed by atoms with Gasteiger partial charge in [0.25, 0.3) is 6.71 Å². The maximum Gasteiger partial charge on any atom is 0.252 e. The van der Waals surface area contributed by atoms with Crippen LogP contribution in [0.1, 0.15) is 135 Å². The number of benzene rings is 9. The van der Waals surface area contributed by atoms with Gasteiger partial charge < -0.3 is 14.7 Å². The summed E-state index contributed by atoms with van der Waals surface area (Å²) < 4.78 is 0. The van der Waals surface area contributed by atoms with Gasteiger partial charge in [0.1, 0.15) is 0 Å². The molecule has 79 heavy (non-hydrogen) atoms. The molecule has 3 nitrogen and oxygen atoms in total. The van der Waals surface area contributed by atoms with Gasteiger partial charge in [-0.05, 0) is 162 Å². The lowest BCUT2D eigenvalue weighted by molar-refractivity contribution is 0.281. The quantitative estimate of drug-likeness (QED) is 0.159. The van der Waals surface area contributed by atoms with E-state index in [1.807, 2.05) is 0 Å². The summed E-state index contributed by atoms with van der Waals surface area (Å²) in [6, 6.07) is 78.2. The Hall–Kier alpha value is -7.56.